The van der Waals surface area contributed by atoms with Gasteiger partial charge in [-0.2, -0.15) is 0 Å². The van der Waals surface area contributed by atoms with Crippen LogP contribution in [-0.2, 0) is 0 Å². The van der Waals surface area contributed by atoms with E-state index in [1.54, 1.807) is 0 Å². The molecule has 10 rings (SSSR count). The lowest BCUT2D eigenvalue weighted by molar-refractivity contribution is 0.866. The van der Waals surface area contributed by atoms with Gasteiger partial charge in [-0.15, -0.1) is 0 Å². The van der Waals surface area contributed by atoms with E-state index in [9.17, 15) is 0 Å². The molecular weight excluding hydrogens is 571 g/mol. The Bertz CT molecular complexity index is 2580. The van der Waals surface area contributed by atoms with Crippen LogP contribution in [0.2, 0.25) is 0 Å². The fraction of sp³-hybridized carbons (Fsp3) is 0.0455. The summed E-state index contributed by atoms with van der Waals surface area (Å²) in [6, 6.07) is 50.9. The highest BCUT2D eigenvalue weighted by Gasteiger charge is 2.23. The van der Waals surface area contributed by atoms with Crippen LogP contribution >= 0.6 is 0 Å². The van der Waals surface area contributed by atoms with Gasteiger partial charge in [-0.1, -0.05) is 109 Å². The molecular formula is C44H31N3. The Hall–Kier alpha value is -6.06. The van der Waals surface area contributed by atoms with Gasteiger partial charge in [0.1, 0.15) is 0 Å². The molecule has 0 fully saturated rings. The first kappa shape index (κ1) is 26.2. The Balaban J connectivity index is 1.09. The molecule has 0 atom stereocenters. The number of H-pyrrole nitrogens is 1. The molecule has 222 valence electrons. The van der Waals surface area contributed by atoms with Crippen LogP contribution in [0, 0.1) is 0 Å². The summed E-state index contributed by atoms with van der Waals surface area (Å²) in [5.74, 6) is 0. The monoisotopic (exact) mass is 601 g/mol. The lowest BCUT2D eigenvalue weighted by Crippen LogP contribution is -2.12. The van der Waals surface area contributed by atoms with Crippen LogP contribution in [0.5, 0.6) is 0 Å². The number of aromatic nitrogens is 2. The number of fused-ring (bicyclic) bond motifs is 5. The SMILES string of the molecule is C1=CC(Nc2cccc(-c3ccc4c5c(cccc35)-c3ccccc3-4)c2)=C(c2cc3ccccc3cc2-n2[nH]c3ccccc32)CC1. The quantitative estimate of drug-likeness (QED) is 0.202. The molecule has 0 amide bonds. The fourth-order valence-corrected chi connectivity index (χ4v) is 7.78. The Morgan fingerprint density at radius 1 is 0.574 bits per heavy atom. The third kappa shape index (κ3) is 4.06. The van der Waals surface area contributed by atoms with Crippen molar-refractivity contribution in [3.8, 4) is 39.1 Å². The van der Waals surface area contributed by atoms with E-state index in [1.807, 2.05) is 0 Å². The lowest BCUT2D eigenvalue weighted by Gasteiger charge is -2.24. The number of aromatic amines is 1. The van der Waals surface area contributed by atoms with Gasteiger partial charge in [0.05, 0.1) is 16.7 Å². The first-order chi connectivity index (χ1) is 23.3. The standard InChI is InChI=1S/C44H31N3/c1-2-12-29-27-43(47-42-22-8-7-21-41(42)46-47)39(26-28(29)11-1)35-17-5-6-20-40(35)45-31-14-9-13-30(25-31)32-23-24-38-34-16-4-3-15-33(34)37-19-10-18-36(32)44(37)38/h1-4,6-16,18-27,45-46H,5,17H2. The largest absolute Gasteiger partial charge is 0.355 e. The highest BCUT2D eigenvalue weighted by molar-refractivity contribution is 6.18. The molecule has 7 aromatic carbocycles. The van der Waals surface area contributed by atoms with E-state index < -0.39 is 0 Å². The van der Waals surface area contributed by atoms with Crippen molar-refractivity contribution in [3.05, 3.63) is 163 Å². The summed E-state index contributed by atoms with van der Waals surface area (Å²) >= 11 is 0. The second-order valence-electron chi connectivity index (χ2n) is 12.7. The molecule has 0 saturated heterocycles. The summed E-state index contributed by atoms with van der Waals surface area (Å²) in [6.07, 6.45) is 6.53. The van der Waals surface area contributed by atoms with Crippen molar-refractivity contribution in [2.24, 2.45) is 0 Å². The summed E-state index contributed by atoms with van der Waals surface area (Å²) < 4.78 is 2.23. The normalized spacial score (nSPS) is 13.6. The first-order valence-corrected chi connectivity index (χ1v) is 16.4. The van der Waals surface area contributed by atoms with Gasteiger partial charge in [0, 0.05) is 16.9 Å². The molecule has 8 aromatic rings. The second-order valence-corrected chi connectivity index (χ2v) is 12.7. The molecule has 0 saturated carbocycles. The van der Waals surface area contributed by atoms with Crippen molar-refractivity contribution in [2.45, 2.75) is 12.8 Å². The van der Waals surface area contributed by atoms with Crippen molar-refractivity contribution in [3.63, 3.8) is 0 Å². The second kappa shape index (κ2) is 10.2. The summed E-state index contributed by atoms with van der Waals surface area (Å²) in [5.41, 5.74) is 16.1. The molecule has 3 heteroatoms. The van der Waals surface area contributed by atoms with Gasteiger partial charge in [-0.25, -0.2) is 0 Å². The third-order valence-corrected chi connectivity index (χ3v) is 9.98. The van der Waals surface area contributed by atoms with E-state index >= 15 is 0 Å². The predicted molar refractivity (Wildman–Crippen MR) is 198 cm³/mol. The fourth-order valence-electron chi connectivity index (χ4n) is 7.78. The summed E-state index contributed by atoms with van der Waals surface area (Å²) in [5, 5.41) is 12.6. The van der Waals surface area contributed by atoms with E-state index in [0.29, 0.717) is 0 Å². The van der Waals surface area contributed by atoms with Crippen molar-refractivity contribution in [1.82, 2.24) is 9.78 Å². The van der Waals surface area contributed by atoms with E-state index in [0.717, 1.165) is 29.7 Å². The van der Waals surface area contributed by atoms with E-state index in [-0.39, 0.29) is 0 Å². The zero-order valence-electron chi connectivity index (χ0n) is 25.8. The summed E-state index contributed by atoms with van der Waals surface area (Å²) in [6.45, 7) is 0. The number of nitrogens with zero attached hydrogens (tertiary/aromatic N) is 1. The Morgan fingerprint density at radius 2 is 1.30 bits per heavy atom. The number of hydrogen-bond donors (Lipinski definition) is 2. The number of rotatable bonds is 5. The van der Waals surface area contributed by atoms with Gasteiger partial charge in [0.2, 0.25) is 0 Å². The number of anilines is 1. The van der Waals surface area contributed by atoms with Crippen LogP contribution in [-0.4, -0.2) is 9.78 Å². The van der Waals surface area contributed by atoms with Crippen LogP contribution in [0.15, 0.2) is 157 Å². The molecule has 0 bridgehead atoms. The van der Waals surface area contributed by atoms with Crippen LogP contribution in [0.25, 0.3) is 77.2 Å². The minimum Gasteiger partial charge on any atom is -0.355 e. The number of nitrogens with one attached hydrogen (secondary N) is 2. The van der Waals surface area contributed by atoms with Gasteiger partial charge in [-0.3, -0.25) is 9.78 Å². The molecule has 0 aliphatic heterocycles. The van der Waals surface area contributed by atoms with Crippen LogP contribution in [0.3, 0.4) is 0 Å². The van der Waals surface area contributed by atoms with Gasteiger partial charge >= 0.3 is 0 Å². The van der Waals surface area contributed by atoms with Gasteiger partial charge in [0.25, 0.3) is 0 Å². The smallest absolute Gasteiger partial charge is 0.0880 e. The maximum absolute atomic E-state index is 3.86. The van der Waals surface area contributed by atoms with E-state index in [1.165, 1.54) is 77.3 Å². The zero-order valence-corrected chi connectivity index (χ0v) is 25.8. The highest BCUT2D eigenvalue weighted by Crippen LogP contribution is 2.49. The topological polar surface area (TPSA) is 32.8 Å². The maximum Gasteiger partial charge on any atom is 0.0880 e. The molecule has 0 spiro atoms. The van der Waals surface area contributed by atoms with Crippen LogP contribution in [0.1, 0.15) is 18.4 Å². The molecule has 47 heavy (non-hydrogen) atoms. The Labute approximate surface area is 273 Å². The molecule has 1 heterocycles. The van der Waals surface area contributed by atoms with Gasteiger partial charge in [0.15, 0.2) is 0 Å². The van der Waals surface area contributed by atoms with Gasteiger partial charge < -0.3 is 5.32 Å². The first-order valence-electron chi connectivity index (χ1n) is 16.4. The van der Waals surface area contributed by atoms with Crippen molar-refractivity contribution >= 4 is 43.8 Å². The molecule has 2 N–H and O–H groups in total. The van der Waals surface area contributed by atoms with E-state index in [2.05, 4.69) is 167 Å². The number of hydrogen-bond acceptors (Lipinski definition) is 1. The highest BCUT2D eigenvalue weighted by atomic mass is 15.3. The lowest BCUT2D eigenvalue weighted by atomic mass is 9.91. The van der Waals surface area contributed by atoms with Crippen LogP contribution < -0.4 is 5.32 Å². The number of para-hydroxylation sites is 2. The summed E-state index contributed by atoms with van der Waals surface area (Å²) in [4.78, 5) is 0. The molecule has 2 aliphatic carbocycles. The number of benzene rings is 7. The van der Waals surface area contributed by atoms with Gasteiger partial charge in [-0.05, 0) is 116 Å². The minimum absolute atomic E-state index is 0.967. The van der Waals surface area contributed by atoms with Crippen molar-refractivity contribution < 1.29 is 0 Å². The third-order valence-electron chi connectivity index (χ3n) is 9.98. The van der Waals surface area contributed by atoms with E-state index in [4.69, 9.17) is 0 Å². The van der Waals surface area contributed by atoms with Crippen molar-refractivity contribution in [1.29, 1.82) is 0 Å². The molecule has 0 unspecified atom stereocenters. The average molecular weight is 602 g/mol. The van der Waals surface area contributed by atoms with Crippen LogP contribution in [0.4, 0.5) is 5.69 Å². The predicted octanol–water partition coefficient (Wildman–Crippen LogP) is 11.8. The minimum atomic E-state index is 0.967. The Morgan fingerprint density at radius 3 is 2.17 bits per heavy atom. The summed E-state index contributed by atoms with van der Waals surface area (Å²) in [7, 11) is 0. The average Bonchev–Trinajstić information content (AvgIpc) is 3.44. The molecule has 3 nitrogen and oxygen atoms in total. The maximum atomic E-state index is 3.86. The number of allylic oxidation sites excluding steroid dienone is 3. The molecule has 1 aromatic heterocycles. The zero-order chi connectivity index (χ0) is 30.9. The Kier molecular flexibility index (Phi) is 5.70. The molecule has 0 radical (unpaired) electrons. The van der Waals surface area contributed by atoms with Crippen molar-refractivity contribution in [2.75, 3.05) is 5.32 Å². The molecule has 2 aliphatic rings.